The zero-order chi connectivity index (χ0) is 18.6. The van der Waals surface area contributed by atoms with Crippen molar-refractivity contribution in [2.24, 2.45) is 0 Å². The molecule has 7 heteroatoms. The Labute approximate surface area is 145 Å². The number of aliphatic carboxylic acids is 1. The predicted octanol–water partition coefficient (Wildman–Crippen LogP) is 1.71. The fraction of sp³-hybridized carbons (Fsp3) is 0.333. The average Bonchev–Trinajstić information content (AvgIpc) is 2.55. The molecule has 0 saturated carbocycles. The molecule has 1 amide bonds. The maximum absolute atomic E-state index is 12.0. The van der Waals surface area contributed by atoms with Crippen LogP contribution in [-0.4, -0.2) is 38.6 Å². The quantitative estimate of drug-likeness (QED) is 0.736. The van der Waals surface area contributed by atoms with Crippen molar-refractivity contribution >= 4 is 11.9 Å². The van der Waals surface area contributed by atoms with E-state index in [-0.39, 0.29) is 11.4 Å². The summed E-state index contributed by atoms with van der Waals surface area (Å²) in [5, 5.41) is 21.1. The third-order valence-corrected chi connectivity index (χ3v) is 3.82. The summed E-state index contributed by atoms with van der Waals surface area (Å²) in [6, 6.07) is 6.16. The summed E-state index contributed by atoms with van der Waals surface area (Å²) in [5.41, 5.74) is 3.61. The van der Waals surface area contributed by atoms with E-state index in [1.807, 2.05) is 26.0 Å². The molecule has 0 saturated heterocycles. The molecule has 2 aromatic rings. The van der Waals surface area contributed by atoms with Gasteiger partial charge in [-0.1, -0.05) is 23.8 Å². The van der Waals surface area contributed by atoms with Crippen LogP contribution < -0.4 is 5.32 Å². The Hall–Kier alpha value is -2.96. The van der Waals surface area contributed by atoms with Crippen molar-refractivity contribution in [3.05, 3.63) is 52.1 Å². The highest BCUT2D eigenvalue weighted by molar-refractivity contribution is 5.96. The molecule has 0 aliphatic heterocycles. The van der Waals surface area contributed by atoms with Crippen LogP contribution in [0.1, 0.15) is 38.7 Å². The molecule has 0 radical (unpaired) electrons. The molecule has 0 aliphatic carbocycles. The Morgan fingerprint density at radius 3 is 2.52 bits per heavy atom. The molecule has 0 bridgehead atoms. The Kier molecular flexibility index (Phi) is 5.69. The summed E-state index contributed by atoms with van der Waals surface area (Å²) in [4.78, 5) is 30.7. The van der Waals surface area contributed by atoms with Gasteiger partial charge >= 0.3 is 5.97 Å². The van der Waals surface area contributed by atoms with Crippen LogP contribution >= 0.6 is 0 Å². The van der Waals surface area contributed by atoms with E-state index in [0.29, 0.717) is 24.4 Å². The van der Waals surface area contributed by atoms with E-state index in [9.17, 15) is 14.7 Å². The second kappa shape index (κ2) is 7.74. The summed E-state index contributed by atoms with van der Waals surface area (Å²) in [6.07, 6.45) is 1.10. The molecule has 25 heavy (non-hydrogen) atoms. The van der Waals surface area contributed by atoms with E-state index in [1.54, 1.807) is 6.92 Å². The molecule has 7 nitrogen and oxygen atoms in total. The summed E-state index contributed by atoms with van der Waals surface area (Å²) >= 11 is 0. The minimum atomic E-state index is -1.17. The minimum Gasteiger partial charge on any atom is -0.504 e. The number of carbonyl (C=O) groups is 2. The maximum Gasteiger partial charge on any atom is 0.322 e. The maximum atomic E-state index is 12.0. The first kappa shape index (κ1) is 18.4. The van der Waals surface area contributed by atoms with Crippen molar-refractivity contribution in [3.8, 4) is 5.75 Å². The topological polar surface area (TPSA) is 112 Å². The molecule has 0 spiro atoms. The lowest BCUT2D eigenvalue weighted by molar-refractivity contribution is -0.135. The second-order valence-corrected chi connectivity index (χ2v) is 5.92. The van der Waals surface area contributed by atoms with Gasteiger partial charge in [-0.05, 0) is 44.7 Å². The van der Waals surface area contributed by atoms with Crippen LogP contribution in [0.4, 0.5) is 0 Å². The van der Waals surface area contributed by atoms with Crippen molar-refractivity contribution in [1.82, 2.24) is 15.3 Å². The standard InChI is InChI=1S/C18H21N3O4/c1-10-4-5-11(2)13(8-10)6-7-14-17(24)16(21-12(3)20-14)18(25)19-9-15(22)23/h4-5,8,24H,6-7,9H2,1-3H3,(H,19,25)(H,22,23). The van der Waals surface area contributed by atoms with E-state index in [2.05, 4.69) is 21.4 Å². The normalized spacial score (nSPS) is 10.5. The third kappa shape index (κ3) is 4.76. The zero-order valence-electron chi connectivity index (χ0n) is 14.5. The van der Waals surface area contributed by atoms with E-state index in [4.69, 9.17) is 5.11 Å². The summed E-state index contributed by atoms with van der Waals surface area (Å²) in [7, 11) is 0. The molecule has 2 rings (SSSR count). The predicted molar refractivity (Wildman–Crippen MR) is 91.7 cm³/mol. The van der Waals surface area contributed by atoms with Crippen molar-refractivity contribution in [2.45, 2.75) is 33.6 Å². The monoisotopic (exact) mass is 343 g/mol. The molecule has 0 unspecified atom stereocenters. The highest BCUT2D eigenvalue weighted by atomic mass is 16.4. The minimum absolute atomic E-state index is 0.204. The third-order valence-electron chi connectivity index (χ3n) is 3.82. The fourth-order valence-corrected chi connectivity index (χ4v) is 2.52. The van der Waals surface area contributed by atoms with Crippen molar-refractivity contribution in [3.63, 3.8) is 0 Å². The number of rotatable bonds is 6. The van der Waals surface area contributed by atoms with Crippen LogP contribution in [0.3, 0.4) is 0 Å². The number of benzene rings is 1. The van der Waals surface area contributed by atoms with Gasteiger partial charge in [-0.25, -0.2) is 9.97 Å². The molecule has 132 valence electrons. The number of nitrogens with zero attached hydrogens (tertiary/aromatic N) is 2. The lowest BCUT2D eigenvalue weighted by Crippen LogP contribution is -2.30. The first-order valence-corrected chi connectivity index (χ1v) is 7.90. The van der Waals surface area contributed by atoms with E-state index < -0.39 is 18.4 Å². The van der Waals surface area contributed by atoms with Gasteiger partial charge in [0.05, 0.1) is 5.69 Å². The molecular formula is C18H21N3O4. The number of hydrogen-bond acceptors (Lipinski definition) is 5. The first-order valence-electron chi connectivity index (χ1n) is 7.90. The highest BCUT2D eigenvalue weighted by Gasteiger charge is 2.19. The summed E-state index contributed by atoms with van der Waals surface area (Å²) in [5.74, 6) is -1.87. The fourth-order valence-electron chi connectivity index (χ4n) is 2.52. The van der Waals surface area contributed by atoms with Crippen LogP contribution in [0, 0.1) is 20.8 Å². The van der Waals surface area contributed by atoms with Gasteiger partial charge < -0.3 is 15.5 Å². The van der Waals surface area contributed by atoms with Gasteiger partial charge in [-0.15, -0.1) is 0 Å². The Morgan fingerprint density at radius 1 is 1.12 bits per heavy atom. The Bertz CT molecular complexity index is 818. The average molecular weight is 343 g/mol. The van der Waals surface area contributed by atoms with E-state index in [0.717, 1.165) is 16.7 Å². The lowest BCUT2D eigenvalue weighted by atomic mass is 10.00. The number of aryl methyl sites for hydroxylation is 5. The van der Waals surface area contributed by atoms with Crippen LogP contribution in [-0.2, 0) is 17.6 Å². The lowest BCUT2D eigenvalue weighted by Gasteiger charge is -2.11. The Morgan fingerprint density at radius 2 is 1.84 bits per heavy atom. The van der Waals surface area contributed by atoms with Crippen molar-refractivity contribution in [1.29, 1.82) is 0 Å². The first-order chi connectivity index (χ1) is 11.8. The number of amides is 1. The summed E-state index contributed by atoms with van der Waals surface area (Å²) < 4.78 is 0. The van der Waals surface area contributed by atoms with E-state index >= 15 is 0 Å². The molecule has 1 aromatic carbocycles. The molecule has 0 atom stereocenters. The number of hydrogen-bond donors (Lipinski definition) is 3. The molecule has 1 aromatic heterocycles. The van der Waals surface area contributed by atoms with Gasteiger partial charge in [-0.2, -0.15) is 0 Å². The molecule has 0 aliphatic rings. The number of carbonyl (C=O) groups excluding carboxylic acids is 1. The zero-order valence-corrected chi connectivity index (χ0v) is 14.5. The summed E-state index contributed by atoms with van der Waals surface area (Å²) in [6.45, 7) is 5.11. The largest absolute Gasteiger partial charge is 0.504 e. The number of carboxylic acids is 1. The van der Waals surface area contributed by atoms with E-state index in [1.165, 1.54) is 0 Å². The van der Waals surface area contributed by atoms with Gasteiger partial charge in [0, 0.05) is 0 Å². The second-order valence-electron chi connectivity index (χ2n) is 5.92. The van der Waals surface area contributed by atoms with Gasteiger partial charge in [0.25, 0.3) is 5.91 Å². The van der Waals surface area contributed by atoms with Gasteiger partial charge in [0.1, 0.15) is 12.4 Å². The molecule has 1 heterocycles. The van der Waals surface area contributed by atoms with Crippen LogP contribution in [0.25, 0.3) is 0 Å². The van der Waals surface area contributed by atoms with Crippen molar-refractivity contribution < 1.29 is 19.8 Å². The van der Waals surface area contributed by atoms with Gasteiger partial charge in [0.2, 0.25) is 0 Å². The number of carboxylic acid groups (broad SMARTS) is 1. The van der Waals surface area contributed by atoms with Gasteiger partial charge in [-0.3, -0.25) is 9.59 Å². The molecule has 0 fully saturated rings. The smallest absolute Gasteiger partial charge is 0.322 e. The van der Waals surface area contributed by atoms with Crippen LogP contribution in [0.15, 0.2) is 18.2 Å². The van der Waals surface area contributed by atoms with Crippen LogP contribution in [0.2, 0.25) is 0 Å². The molecular weight excluding hydrogens is 322 g/mol. The van der Waals surface area contributed by atoms with Crippen molar-refractivity contribution in [2.75, 3.05) is 6.54 Å². The number of aromatic nitrogens is 2. The van der Waals surface area contributed by atoms with Crippen LogP contribution in [0.5, 0.6) is 5.75 Å². The SMILES string of the molecule is Cc1ccc(C)c(CCc2nc(C)nc(C(=O)NCC(=O)O)c2O)c1. The molecule has 3 N–H and O–H groups in total. The highest BCUT2D eigenvalue weighted by Crippen LogP contribution is 2.22. The number of nitrogens with one attached hydrogen (secondary N) is 1. The number of aromatic hydroxyl groups is 1. The Balaban J connectivity index is 2.22. The van der Waals surface area contributed by atoms with Gasteiger partial charge in [0.15, 0.2) is 11.4 Å².